The summed E-state index contributed by atoms with van der Waals surface area (Å²) in [6.45, 7) is 4.04. The summed E-state index contributed by atoms with van der Waals surface area (Å²) in [6, 6.07) is 0. The van der Waals surface area contributed by atoms with Crippen LogP contribution in [0.3, 0.4) is 0 Å². The van der Waals surface area contributed by atoms with E-state index in [9.17, 15) is 4.39 Å². The predicted molar refractivity (Wildman–Crippen MR) is 105 cm³/mol. The number of rotatable bonds is 8. The van der Waals surface area contributed by atoms with Crippen LogP contribution in [-0.4, -0.2) is 19.5 Å². The van der Waals surface area contributed by atoms with Gasteiger partial charge in [-0.3, -0.25) is 0 Å². The van der Waals surface area contributed by atoms with Gasteiger partial charge in [-0.05, 0) is 69.1 Å². The topological polar surface area (TPSA) is 18.5 Å². The highest BCUT2D eigenvalue weighted by Gasteiger charge is 2.29. The van der Waals surface area contributed by atoms with Crippen LogP contribution in [0.15, 0.2) is 11.9 Å². The zero-order chi connectivity index (χ0) is 18.2. The van der Waals surface area contributed by atoms with E-state index in [0.29, 0.717) is 12.3 Å². The molecule has 2 nitrogen and oxygen atoms in total. The largest absolute Gasteiger partial charge is 0.352 e. The molecule has 150 valence electrons. The molecule has 1 saturated heterocycles. The van der Waals surface area contributed by atoms with Gasteiger partial charge >= 0.3 is 0 Å². The Balaban J connectivity index is 1.26. The first kappa shape index (κ1) is 20.3. The lowest BCUT2D eigenvalue weighted by atomic mass is 9.71. The molecule has 1 saturated carbocycles. The minimum atomic E-state index is 0.0432. The van der Waals surface area contributed by atoms with Gasteiger partial charge in [0.1, 0.15) is 0 Å². The molecule has 1 atom stereocenters. The van der Waals surface area contributed by atoms with Crippen molar-refractivity contribution in [3.8, 4) is 0 Å². The van der Waals surface area contributed by atoms with E-state index >= 15 is 0 Å². The van der Waals surface area contributed by atoms with Gasteiger partial charge in [-0.25, -0.2) is 4.39 Å². The normalized spacial score (nSPS) is 35.9. The second-order valence-corrected chi connectivity index (χ2v) is 9.00. The molecule has 3 aliphatic rings. The molecule has 0 aromatic rings. The molecule has 0 aromatic carbocycles. The van der Waals surface area contributed by atoms with Gasteiger partial charge < -0.3 is 9.47 Å². The van der Waals surface area contributed by atoms with Crippen molar-refractivity contribution in [3.05, 3.63) is 11.9 Å². The number of unbranched alkanes of at least 4 members (excludes halogenated alkanes) is 2. The molecule has 0 aromatic heterocycles. The standard InChI is InChI=1S/C23H39FO2/c1-2-3-4-5-19-16-25-23(26-17-19)15-8-18-6-9-20(10-7-18)21-11-13-22(24)14-12-21/h13,18-21,23H,2-12,14-17H2,1H3. The van der Waals surface area contributed by atoms with E-state index < -0.39 is 0 Å². The molecule has 0 radical (unpaired) electrons. The Morgan fingerprint density at radius 2 is 1.65 bits per heavy atom. The van der Waals surface area contributed by atoms with E-state index in [2.05, 4.69) is 6.92 Å². The summed E-state index contributed by atoms with van der Waals surface area (Å²) in [5.74, 6) is 3.15. The van der Waals surface area contributed by atoms with E-state index in [1.165, 1.54) is 57.8 Å². The molecular weight excluding hydrogens is 327 g/mol. The van der Waals surface area contributed by atoms with Crippen LogP contribution in [0.4, 0.5) is 4.39 Å². The highest BCUT2D eigenvalue weighted by atomic mass is 19.1. The lowest BCUT2D eigenvalue weighted by Crippen LogP contribution is -2.32. The molecule has 0 amide bonds. The maximum Gasteiger partial charge on any atom is 0.157 e. The molecule has 26 heavy (non-hydrogen) atoms. The number of hydrogen-bond acceptors (Lipinski definition) is 2. The summed E-state index contributed by atoms with van der Waals surface area (Å²) in [7, 11) is 0. The Bertz CT molecular complexity index is 420. The van der Waals surface area contributed by atoms with Crippen molar-refractivity contribution in [2.45, 2.75) is 96.7 Å². The quantitative estimate of drug-likeness (QED) is 0.440. The Morgan fingerprint density at radius 3 is 2.31 bits per heavy atom. The van der Waals surface area contributed by atoms with Crippen LogP contribution in [-0.2, 0) is 9.47 Å². The molecule has 3 rings (SSSR count). The number of hydrogen-bond donors (Lipinski definition) is 0. The maximum absolute atomic E-state index is 13.2. The summed E-state index contributed by atoms with van der Waals surface area (Å²) >= 11 is 0. The molecule has 1 unspecified atom stereocenters. The fourth-order valence-electron chi connectivity index (χ4n) is 5.17. The van der Waals surface area contributed by atoms with Crippen molar-refractivity contribution in [1.29, 1.82) is 0 Å². The highest BCUT2D eigenvalue weighted by molar-refractivity contribution is 4.99. The second-order valence-electron chi connectivity index (χ2n) is 9.00. The van der Waals surface area contributed by atoms with Crippen LogP contribution >= 0.6 is 0 Å². The lowest BCUT2D eigenvalue weighted by Gasteiger charge is -2.35. The second kappa shape index (κ2) is 10.8. The van der Waals surface area contributed by atoms with Crippen LogP contribution < -0.4 is 0 Å². The van der Waals surface area contributed by atoms with Gasteiger partial charge in [0.25, 0.3) is 0 Å². The fraction of sp³-hybridized carbons (Fsp3) is 0.913. The molecule has 3 heteroatoms. The van der Waals surface area contributed by atoms with Gasteiger partial charge in [-0.15, -0.1) is 0 Å². The third-order valence-electron chi connectivity index (χ3n) is 7.02. The third-order valence-corrected chi connectivity index (χ3v) is 7.02. The van der Waals surface area contributed by atoms with E-state index in [1.54, 1.807) is 0 Å². The highest BCUT2D eigenvalue weighted by Crippen LogP contribution is 2.41. The molecule has 0 N–H and O–H groups in total. The van der Waals surface area contributed by atoms with Crippen molar-refractivity contribution in [3.63, 3.8) is 0 Å². The molecule has 2 aliphatic carbocycles. The molecule has 0 bridgehead atoms. The van der Waals surface area contributed by atoms with Crippen molar-refractivity contribution < 1.29 is 13.9 Å². The Kier molecular flexibility index (Phi) is 8.45. The minimum Gasteiger partial charge on any atom is -0.352 e. The van der Waals surface area contributed by atoms with Crippen LogP contribution in [0.2, 0.25) is 0 Å². The SMILES string of the molecule is CCCCCC1COC(CCC2CCC(C3CC=C(F)CC3)CC2)OC1. The van der Waals surface area contributed by atoms with Crippen molar-refractivity contribution in [1.82, 2.24) is 0 Å². The summed E-state index contributed by atoms with van der Waals surface area (Å²) in [6.07, 6.45) is 17.5. The Hall–Kier alpha value is -0.410. The third kappa shape index (κ3) is 6.34. The summed E-state index contributed by atoms with van der Waals surface area (Å²) < 4.78 is 25.2. The smallest absolute Gasteiger partial charge is 0.157 e. The average Bonchev–Trinajstić information content (AvgIpc) is 2.69. The number of halogens is 1. The van der Waals surface area contributed by atoms with Gasteiger partial charge in [0.2, 0.25) is 0 Å². The summed E-state index contributed by atoms with van der Waals surface area (Å²) in [5.41, 5.74) is 0. The number of allylic oxidation sites excluding steroid dienone is 2. The van der Waals surface area contributed by atoms with Gasteiger partial charge in [0, 0.05) is 5.92 Å². The molecule has 1 aliphatic heterocycles. The number of ether oxygens (including phenoxy) is 2. The average molecular weight is 367 g/mol. The van der Waals surface area contributed by atoms with E-state index in [-0.39, 0.29) is 12.1 Å². The predicted octanol–water partition coefficient (Wildman–Crippen LogP) is 6.80. The van der Waals surface area contributed by atoms with Crippen LogP contribution in [0.5, 0.6) is 0 Å². The lowest BCUT2D eigenvalue weighted by molar-refractivity contribution is -0.205. The van der Waals surface area contributed by atoms with Gasteiger partial charge in [0.05, 0.1) is 19.0 Å². The van der Waals surface area contributed by atoms with Crippen molar-refractivity contribution in [2.75, 3.05) is 13.2 Å². The zero-order valence-electron chi connectivity index (χ0n) is 16.8. The molecule has 2 fully saturated rings. The van der Waals surface area contributed by atoms with Gasteiger partial charge in [0.15, 0.2) is 6.29 Å². The van der Waals surface area contributed by atoms with E-state index in [1.807, 2.05) is 6.08 Å². The summed E-state index contributed by atoms with van der Waals surface area (Å²) in [5, 5.41) is 0. The first-order valence-corrected chi connectivity index (χ1v) is 11.3. The minimum absolute atomic E-state index is 0.0432. The Labute approximate surface area is 159 Å². The van der Waals surface area contributed by atoms with Crippen molar-refractivity contribution in [2.24, 2.45) is 23.7 Å². The molecular formula is C23H39FO2. The summed E-state index contributed by atoms with van der Waals surface area (Å²) in [4.78, 5) is 0. The van der Waals surface area contributed by atoms with Gasteiger partial charge in [-0.2, -0.15) is 0 Å². The first-order chi connectivity index (χ1) is 12.7. The van der Waals surface area contributed by atoms with E-state index in [4.69, 9.17) is 9.47 Å². The molecule has 0 spiro atoms. The first-order valence-electron chi connectivity index (χ1n) is 11.3. The van der Waals surface area contributed by atoms with Crippen LogP contribution in [0.25, 0.3) is 0 Å². The maximum atomic E-state index is 13.2. The van der Waals surface area contributed by atoms with Crippen LogP contribution in [0.1, 0.15) is 90.4 Å². The van der Waals surface area contributed by atoms with Crippen LogP contribution in [0, 0.1) is 23.7 Å². The Morgan fingerprint density at radius 1 is 0.885 bits per heavy atom. The van der Waals surface area contributed by atoms with E-state index in [0.717, 1.165) is 50.2 Å². The monoisotopic (exact) mass is 366 g/mol. The molecule has 1 heterocycles. The fourth-order valence-corrected chi connectivity index (χ4v) is 5.17. The van der Waals surface area contributed by atoms with Crippen molar-refractivity contribution >= 4 is 0 Å². The van der Waals surface area contributed by atoms with Gasteiger partial charge in [-0.1, -0.05) is 45.1 Å². The zero-order valence-corrected chi connectivity index (χ0v) is 16.8.